The first-order valence-electron chi connectivity index (χ1n) is 7.30. The molecular formula is C15H17N3O3S. The van der Waals surface area contributed by atoms with Crippen LogP contribution in [-0.4, -0.2) is 41.5 Å². The number of thiophene rings is 1. The Kier molecular flexibility index (Phi) is 4.53. The summed E-state index contributed by atoms with van der Waals surface area (Å²) in [5, 5.41) is 8.41. The fraction of sp³-hybridized carbons (Fsp3) is 0.400. The lowest BCUT2D eigenvalue weighted by Gasteiger charge is -2.14. The summed E-state index contributed by atoms with van der Waals surface area (Å²) >= 11 is 1.52. The van der Waals surface area contributed by atoms with Crippen molar-refractivity contribution in [3.8, 4) is 10.6 Å². The molecule has 3 rings (SSSR count). The fourth-order valence-electron chi connectivity index (χ4n) is 2.42. The van der Waals surface area contributed by atoms with Crippen LogP contribution < -0.4 is 5.32 Å². The van der Waals surface area contributed by atoms with Gasteiger partial charge in [-0.05, 0) is 24.3 Å². The molecule has 0 unspecified atom stereocenters. The van der Waals surface area contributed by atoms with Crippen molar-refractivity contribution < 1.29 is 14.1 Å². The van der Waals surface area contributed by atoms with Gasteiger partial charge >= 0.3 is 0 Å². The zero-order valence-electron chi connectivity index (χ0n) is 12.1. The summed E-state index contributed by atoms with van der Waals surface area (Å²) in [6.07, 6.45) is 2.46. The molecule has 0 spiro atoms. The number of nitrogens with zero attached hydrogens (tertiary/aromatic N) is 2. The van der Waals surface area contributed by atoms with Gasteiger partial charge in [0.15, 0.2) is 11.5 Å². The maximum atomic E-state index is 12.0. The number of amides is 2. The maximum Gasteiger partial charge on any atom is 0.273 e. The second-order valence-corrected chi connectivity index (χ2v) is 6.10. The van der Waals surface area contributed by atoms with Crippen LogP contribution in [0.5, 0.6) is 0 Å². The molecule has 22 heavy (non-hydrogen) atoms. The van der Waals surface area contributed by atoms with Crippen LogP contribution in [0.3, 0.4) is 0 Å². The van der Waals surface area contributed by atoms with Crippen molar-refractivity contribution in [1.82, 2.24) is 15.4 Å². The van der Waals surface area contributed by atoms with Crippen molar-refractivity contribution in [3.05, 3.63) is 29.3 Å². The van der Waals surface area contributed by atoms with E-state index in [1.54, 1.807) is 6.07 Å². The highest BCUT2D eigenvalue weighted by molar-refractivity contribution is 7.13. The van der Waals surface area contributed by atoms with Crippen LogP contribution in [0.25, 0.3) is 10.6 Å². The Morgan fingerprint density at radius 1 is 1.36 bits per heavy atom. The highest BCUT2D eigenvalue weighted by Gasteiger charge is 2.18. The molecule has 1 saturated heterocycles. The summed E-state index contributed by atoms with van der Waals surface area (Å²) in [4.78, 5) is 26.6. The zero-order valence-corrected chi connectivity index (χ0v) is 12.9. The van der Waals surface area contributed by atoms with Gasteiger partial charge in [-0.1, -0.05) is 11.2 Å². The highest BCUT2D eigenvalue weighted by atomic mass is 32.1. The minimum Gasteiger partial charge on any atom is -0.355 e. The third-order valence-corrected chi connectivity index (χ3v) is 4.47. The van der Waals surface area contributed by atoms with Crippen LogP contribution in [0.1, 0.15) is 29.8 Å². The van der Waals surface area contributed by atoms with Crippen LogP contribution >= 0.6 is 11.3 Å². The first kappa shape index (κ1) is 14.8. The smallest absolute Gasteiger partial charge is 0.273 e. The van der Waals surface area contributed by atoms with E-state index in [0.717, 1.165) is 30.8 Å². The number of carbonyl (C=O) groups excluding carboxylic acids is 2. The maximum absolute atomic E-state index is 12.0. The van der Waals surface area contributed by atoms with Gasteiger partial charge in [0.2, 0.25) is 5.91 Å². The second kappa shape index (κ2) is 6.74. The number of hydrogen-bond acceptors (Lipinski definition) is 5. The van der Waals surface area contributed by atoms with Gasteiger partial charge in [0.1, 0.15) is 0 Å². The van der Waals surface area contributed by atoms with Crippen LogP contribution in [0.15, 0.2) is 28.1 Å². The van der Waals surface area contributed by atoms with Crippen molar-refractivity contribution >= 4 is 23.2 Å². The molecule has 1 aliphatic rings. The molecule has 0 atom stereocenters. The molecule has 0 aliphatic carbocycles. The third-order valence-electron chi connectivity index (χ3n) is 3.59. The molecule has 3 heterocycles. The summed E-state index contributed by atoms with van der Waals surface area (Å²) in [6.45, 7) is 1.98. The molecule has 0 aromatic carbocycles. The Morgan fingerprint density at radius 3 is 2.91 bits per heavy atom. The Hall–Kier alpha value is -2.15. The molecule has 0 saturated carbocycles. The summed E-state index contributed by atoms with van der Waals surface area (Å²) in [5.74, 6) is 0.353. The Morgan fingerprint density at radius 2 is 2.18 bits per heavy atom. The lowest BCUT2D eigenvalue weighted by atomic mass is 10.3. The molecule has 1 fully saturated rings. The number of likely N-dealkylation sites (tertiary alicyclic amines) is 1. The Labute approximate surface area is 132 Å². The summed E-state index contributed by atoms with van der Waals surface area (Å²) in [5.41, 5.74) is 0.233. The predicted octanol–water partition coefficient (Wildman–Crippen LogP) is 2.15. The molecule has 2 aromatic rings. The topological polar surface area (TPSA) is 75.4 Å². The monoisotopic (exact) mass is 319 g/mol. The quantitative estimate of drug-likeness (QED) is 0.916. The minimum absolute atomic E-state index is 0.0947. The molecule has 2 amide bonds. The van der Waals surface area contributed by atoms with Gasteiger partial charge in [-0.15, -0.1) is 11.3 Å². The fourth-order valence-corrected chi connectivity index (χ4v) is 3.09. The van der Waals surface area contributed by atoms with Crippen LogP contribution in [-0.2, 0) is 4.79 Å². The normalized spacial score (nSPS) is 14.3. The molecule has 0 bridgehead atoms. The van der Waals surface area contributed by atoms with E-state index in [-0.39, 0.29) is 17.5 Å². The van der Waals surface area contributed by atoms with Gasteiger partial charge in [0.05, 0.1) is 4.88 Å². The van der Waals surface area contributed by atoms with E-state index in [1.165, 1.54) is 11.3 Å². The number of hydrogen-bond donors (Lipinski definition) is 1. The lowest BCUT2D eigenvalue weighted by molar-refractivity contribution is -0.129. The molecule has 1 aliphatic heterocycles. The molecular weight excluding hydrogens is 302 g/mol. The zero-order chi connectivity index (χ0) is 15.4. The van der Waals surface area contributed by atoms with Gasteiger partial charge in [0.25, 0.3) is 5.91 Å². The van der Waals surface area contributed by atoms with Gasteiger partial charge in [0, 0.05) is 32.1 Å². The SMILES string of the molecule is O=C(NCCC(=O)N1CCCC1)c1cc(-c2cccs2)on1. The van der Waals surface area contributed by atoms with Gasteiger partial charge < -0.3 is 14.7 Å². The third kappa shape index (κ3) is 3.36. The van der Waals surface area contributed by atoms with Crippen LogP contribution in [0.4, 0.5) is 0 Å². The number of nitrogens with one attached hydrogen (secondary N) is 1. The molecule has 6 nitrogen and oxygen atoms in total. The van der Waals surface area contributed by atoms with Crippen molar-refractivity contribution in [3.63, 3.8) is 0 Å². The van der Waals surface area contributed by atoms with E-state index >= 15 is 0 Å². The first-order chi connectivity index (χ1) is 10.7. The van der Waals surface area contributed by atoms with Gasteiger partial charge in [-0.25, -0.2) is 0 Å². The molecule has 1 N–H and O–H groups in total. The Bertz CT molecular complexity index is 645. The highest BCUT2D eigenvalue weighted by Crippen LogP contribution is 2.24. The summed E-state index contributed by atoms with van der Waals surface area (Å²) < 4.78 is 5.16. The molecule has 116 valence electrons. The van der Waals surface area contributed by atoms with Crippen molar-refractivity contribution in [1.29, 1.82) is 0 Å². The number of rotatable bonds is 5. The first-order valence-corrected chi connectivity index (χ1v) is 8.18. The van der Waals surface area contributed by atoms with Crippen molar-refractivity contribution in [2.75, 3.05) is 19.6 Å². The minimum atomic E-state index is -0.319. The number of carbonyl (C=O) groups is 2. The van der Waals surface area contributed by atoms with Crippen molar-refractivity contribution in [2.24, 2.45) is 0 Å². The molecule has 0 radical (unpaired) electrons. The van der Waals surface area contributed by atoms with E-state index in [1.807, 2.05) is 22.4 Å². The molecule has 2 aromatic heterocycles. The van der Waals surface area contributed by atoms with Gasteiger partial charge in [-0.3, -0.25) is 9.59 Å². The lowest BCUT2D eigenvalue weighted by Crippen LogP contribution is -2.32. The average molecular weight is 319 g/mol. The van der Waals surface area contributed by atoms with E-state index in [4.69, 9.17) is 4.52 Å². The van der Waals surface area contributed by atoms with E-state index in [2.05, 4.69) is 10.5 Å². The van der Waals surface area contributed by atoms with E-state index < -0.39 is 0 Å². The number of aromatic nitrogens is 1. The Balaban J connectivity index is 1.49. The second-order valence-electron chi connectivity index (χ2n) is 5.15. The summed E-state index contributed by atoms with van der Waals surface area (Å²) in [6, 6.07) is 5.43. The van der Waals surface area contributed by atoms with Crippen molar-refractivity contribution in [2.45, 2.75) is 19.3 Å². The average Bonchev–Trinajstić information content (AvgIpc) is 3.26. The van der Waals surface area contributed by atoms with E-state index in [9.17, 15) is 9.59 Å². The summed E-state index contributed by atoms with van der Waals surface area (Å²) in [7, 11) is 0. The van der Waals surface area contributed by atoms with E-state index in [0.29, 0.717) is 18.7 Å². The predicted molar refractivity (Wildman–Crippen MR) is 82.6 cm³/mol. The van der Waals surface area contributed by atoms with Crippen LogP contribution in [0, 0.1) is 0 Å². The largest absolute Gasteiger partial charge is 0.355 e. The van der Waals surface area contributed by atoms with Gasteiger partial charge in [-0.2, -0.15) is 0 Å². The standard InChI is InChI=1S/C15H17N3O3S/c19-14(18-7-1-2-8-18)5-6-16-15(20)11-10-12(21-17-11)13-4-3-9-22-13/h3-4,9-10H,1-2,5-8H2,(H,16,20). The van der Waals surface area contributed by atoms with Crippen LogP contribution in [0.2, 0.25) is 0 Å². The molecule has 7 heteroatoms.